The minimum absolute atomic E-state index is 0.0499. The Morgan fingerprint density at radius 3 is 1.90 bits per heavy atom. The number of hydrogen-bond donors (Lipinski definition) is 0. The lowest BCUT2D eigenvalue weighted by Gasteiger charge is -2.20. The standard InChI is InChI=1S/C21H16F6N2O/c1-3-4-12-9-28-20(29-10-12)13-5-17(24)19(18(25)6-13)21(26,27)30-14-7-15(22)11(2)16(23)8-14/h5-10H,3-4H2,1-2H3. The molecule has 2 aromatic carbocycles. The van der Waals surface area contributed by atoms with E-state index in [4.69, 9.17) is 0 Å². The van der Waals surface area contributed by atoms with E-state index in [0.717, 1.165) is 18.9 Å². The van der Waals surface area contributed by atoms with Crippen molar-refractivity contribution in [2.45, 2.75) is 32.8 Å². The van der Waals surface area contributed by atoms with Gasteiger partial charge in [-0.2, -0.15) is 8.78 Å². The van der Waals surface area contributed by atoms with Crippen LogP contribution < -0.4 is 4.74 Å². The highest BCUT2D eigenvalue weighted by Crippen LogP contribution is 2.37. The molecule has 0 saturated heterocycles. The van der Waals surface area contributed by atoms with Crippen LogP contribution >= 0.6 is 0 Å². The highest BCUT2D eigenvalue weighted by Gasteiger charge is 2.41. The summed E-state index contributed by atoms with van der Waals surface area (Å²) in [4.78, 5) is 7.98. The summed E-state index contributed by atoms with van der Waals surface area (Å²) < 4.78 is 89.0. The predicted molar refractivity (Wildman–Crippen MR) is 97.0 cm³/mol. The lowest BCUT2D eigenvalue weighted by Crippen LogP contribution is -2.25. The van der Waals surface area contributed by atoms with Gasteiger partial charge in [0, 0.05) is 35.7 Å². The topological polar surface area (TPSA) is 35.0 Å². The molecule has 3 nitrogen and oxygen atoms in total. The molecule has 3 rings (SSSR count). The monoisotopic (exact) mass is 426 g/mol. The fraction of sp³-hybridized carbons (Fsp3) is 0.238. The summed E-state index contributed by atoms with van der Waals surface area (Å²) in [6.07, 6.45) is -0.00952. The third kappa shape index (κ3) is 4.39. The first-order chi connectivity index (χ1) is 14.1. The molecule has 0 bridgehead atoms. The summed E-state index contributed by atoms with van der Waals surface area (Å²) in [6, 6.07) is 2.28. The van der Waals surface area contributed by atoms with Crippen molar-refractivity contribution in [2.24, 2.45) is 0 Å². The Labute approximate surface area is 168 Å². The number of aryl methyl sites for hydroxylation is 1. The second-order valence-corrected chi connectivity index (χ2v) is 6.61. The number of hydrogen-bond acceptors (Lipinski definition) is 3. The van der Waals surface area contributed by atoms with E-state index in [9.17, 15) is 26.3 Å². The molecule has 0 fully saturated rings. The molecular formula is C21H16F6N2O. The molecule has 0 atom stereocenters. The van der Waals surface area contributed by atoms with Gasteiger partial charge < -0.3 is 4.74 Å². The molecule has 1 heterocycles. The van der Waals surface area contributed by atoms with Gasteiger partial charge in [-0.1, -0.05) is 13.3 Å². The number of rotatable bonds is 6. The summed E-state index contributed by atoms with van der Waals surface area (Å²) in [5, 5.41) is 0. The van der Waals surface area contributed by atoms with Crippen molar-refractivity contribution in [1.82, 2.24) is 9.97 Å². The number of alkyl halides is 2. The van der Waals surface area contributed by atoms with Gasteiger partial charge in [0.1, 0.15) is 34.6 Å². The number of aromatic nitrogens is 2. The summed E-state index contributed by atoms with van der Waals surface area (Å²) in [6.45, 7) is 3.06. The largest absolute Gasteiger partial charge is 0.432 e. The van der Waals surface area contributed by atoms with Crippen molar-refractivity contribution in [2.75, 3.05) is 0 Å². The van der Waals surface area contributed by atoms with E-state index in [1.807, 2.05) is 6.92 Å². The van der Waals surface area contributed by atoms with E-state index in [1.54, 1.807) is 0 Å². The summed E-state index contributed by atoms with van der Waals surface area (Å²) in [5.74, 6) is -6.49. The Kier molecular flexibility index (Phi) is 6.00. The maximum absolute atomic E-state index is 14.4. The van der Waals surface area contributed by atoms with E-state index in [0.29, 0.717) is 30.7 Å². The second-order valence-electron chi connectivity index (χ2n) is 6.61. The zero-order valence-electron chi connectivity index (χ0n) is 15.9. The van der Waals surface area contributed by atoms with Crippen molar-refractivity contribution in [3.63, 3.8) is 0 Å². The van der Waals surface area contributed by atoms with E-state index in [1.165, 1.54) is 12.4 Å². The molecule has 0 N–H and O–H groups in total. The zero-order valence-corrected chi connectivity index (χ0v) is 15.9. The van der Waals surface area contributed by atoms with Crippen LogP contribution in [0.2, 0.25) is 0 Å². The van der Waals surface area contributed by atoms with E-state index in [-0.39, 0.29) is 11.4 Å². The summed E-state index contributed by atoms with van der Waals surface area (Å²) >= 11 is 0. The molecule has 1 aromatic heterocycles. The Balaban J connectivity index is 1.94. The van der Waals surface area contributed by atoms with Crippen molar-refractivity contribution >= 4 is 0 Å². The Hall–Kier alpha value is -3.10. The minimum Gasteiger partial charge on any atom is -0.429 e. The third-order valence-corrected chi connectivity index (χ3v) is 4.34. The van der Waals surface area contributed by atoms with Gasteiger partial charge in [0.05, 0.1) is 0 Å². The summed E-state index contributed by atoms with van der Waals surface area (Å²) in [5.41, 5.74) is -1.44. The van der Waals surface area contributed by atoms with E-state index < -0.39 is 46.3 Å². The average molecular weight is 426 g/mol. The van der Waals surface area contributed by atoms with Crippen LogP contribution in [0.15, 0.2) is 36.7 Å². The molecule has 0 amide bonds. The first kappa shape index (κ1) is 21.6. The van der Waals surface area contributed by atoms with Gasteiger partial charge in [-0.3, -0.25) is 0 Å². The van der Waals surface area contributed by atoms with Crippen LogP contribution in [0.4, 0.5) is 26.3 Å². The van der Waals surface area contributed by atoms with Crippen molar-refractivity contribution < 1.29 is 31.1 Å². The highest BCUT2D eigenvalue weighted by molar-refractivity contribution is 5.56. The number of halogens is 6. The van der Waals surface area contributed by atoms with E-state index >= 15 is 0 Å². The molecule has 0 aliphatic heterocycles. The lowest BCUT2D eigenvalue weighted by molar-refractivity contribution is -0.189. The Morgan fingerprint density at radius 1 is 0.867 bits per heavy atom. The number of ether oxygens (including phenoxy) is 1. The van der Waals surface area contributed by atoms with Crippen LogP contribution in [0.1, 0.15) is 30.0 Å². The maximum atomic E-state index is 14.4. The van der Waals surface area contributed by atoms with Gasteiger partial charge in [0.2, 0.25) is 0 Å². The van der Waals surface area contributed by atoms with Gasteiger partial charge in [0.15, 0.2) is 5.82 Å². The third-order valence-electron chi connectivity index (χ3n) is 4.34. The molecule has 3 aromatic rings. The molecule has 9 heteroatoms. The van der Waals surface area contributed by atoms with Crippen LogP contribution in [-0.4, -0.2) is 9.97 Å². The predicted octanol–water partition coefficient (Wildman–Crippen LogP) is 6.09. The fourth-order valence-electron chi connectivity index (χ4n) is 2.78. The number of nitrogens with zero attached hydrogens (tertiary/aromatic N) is 2. The van der Waals surface area contributed by atoms with Gasteiger partial charge >= 0.3 is 6.11 Å². The molecule has 30 heavy (non-hydrogen) atoms. The first-order valence-electron chi connectivity index (χ1n) is 8.95. The van der Waals surface area contributed by atoms with Crippen molar-refractivity contribution in [1.29, 1.82) is 0 Å². The maximum Gasteiger partial charge on any atom is 0.432 e. The van der Waals surface area contributed by atoms with E-state index in [2.05, 4.69) is 14.7 Å². The Bertz CT molecular complexity index is 1020. The smallest absolute Gasteiger partial charge is 0.429 e. The van der Waals surface area contributed by atoms with Gasteiger partial charge in [-0.15, -0.1) is 0 Å². The van der Waals surface area contributed by atoms with Crippen LogP contribution in [0.5, 0.6) is 5.75 Å². The molecule has 158 valence electrons. The first-order valence-corrected chi connectivity index (χ1v) is 8.95. The normalized spacial score (nSPS) is 11.6. The fourth-order valence-corrected chi connectivity index (χ4v) is 2.78. The van der Waals surface area contributed by atoms with Crippen LogP contribution in [0, 0.1) is 30.2 Å². The minimum atomic E-state index is -4.54. The average Bonchev–Trinajstić information content (AvgIpc) is 2.65. The molecule has 0 aliphatic rings. The summed E-state index contributed by atoms with van der Waals surface area (Å²) in [7, 11) is 0. The van der Waals surface area contributed by atoms with Crippen molar-refractivity contribution in [3.05, 3.63) is 76.6 Å². The van der Waals surface area contributed by atoms with Crippen LogP contribution in [0.25, 0.3) is 11.4 Å². The molecule has 0 saturated carbocycles. The zero-order chi connectivity index (χ0) is 22.1. The van der Waals surface area contributed by atoms with Crippen molar-refractivity contribution in [3.8, 4) is 17.1 Å². The molecule has 0 radical (unpaired) electrons. The van der Waals surface area contributed by atoms with Gasteiger partial charge in [-0.25, -0.2) is 27.5 Å². The SMILES string of the molecule is CCCc1cnc(-c2cc(F)c(C(F)(F)Oc3cc(F)c(C)c(F)c3)c(F)c2)nc1. The van der Waals surface area contributed by atoms with Gasteiger partial charge in [0.25, 0.3) is 0 Å². The molecule has 0 spiro atoms. The molecular weight excluding hydrogens is 410 g/mol. The Morgan fingerprint density at radius 2 is 1.40 bits per heavy atom. The molecule has 0 unspecified atom stereocenters. The second kappa shape index (κ2) is 8.33. The quantitative estimate of drug-likeness (QED) is 0.448. The highest BCUT2D eigenvalue weighted by atomic mass is 19.3. The van der Waals surface area contributed by atoms with Crippen LogP contribution in [0.3, 0.4) is 0 Å². The lowest BCUT2D eigenvalue weighted by atomic mass is 10.1. The number of benzene rings is 2. The van der Waals surface area contributed by atoms with Crippen LogP contribution in [-0.2, 0) is 12.5 Å². The van der Waals surface area contributed by atoms with Gasteiger partial charge in [-0.05, 0) is 31.0 Å². The molecule has 0 aliphatic carbocycles.